The Bertz CT molecular complexity index is 740. The van der Waals surface area contributed by atoms with E-state index in [1.165, 1.54) is 22.3 Å². The van der Waals surface area contributed by atoms with Crippen LogP contribution in [0, 0.1) is 6.92 Å². The SMILES string of the molecule is Cc1nc2cc3c(cc2o1)-c1ccccc1C3. The average molecular weight is 221 g/mol. The first-order valence-corrected chi connectivity index (χ1v) is 5.79. The van der Waals surface area contributed by atoms with Gasteiger partial charge in [0.05, 0.1) is 0 Å². The predicted molar refractivity (Wildman–Crippen MR) is 67.0 cm³/mol. The highest BCUT2D eigenvalue weighted by molar-refractivity contribution is 5.86. The quantitative estimate of drug-likeness (QED) is 0.452. The second kappa shape index (κ2) is 2.98. The lowest BCUT2D eigenvalue weighted by Gasteiger charge is -1.99. The maximum Gasteiger partial charge on any atom is 0.192 e. The van der Waals surface area contributed by atoms with Crippen LogP contribution >= 0.6 is 0 Å². The first-order chi connectivity index (χ1) is 8.31. The lowest BCUT2D eigenvalue weighted by molar-refractivity contribution is 0.561. The highest BCUT2D eigenvalue weighted by Gasteiger charge is 2.19. The Morgan fingerprint density at radius 3 is 2.88 bits per heavy atom. The third-order valence-corrected chi connectivity index (χ3v) is 3.41. The van der Waals surface area contributed by atoms with Crippen molar-refractivity contribution in [1.29, 1.82) is 0 Å². The van der Waals surface area contributed by atoms with Crippen LogP contribution < -0.4 is 0 Å². The van der Waals surface area contributed by atoms with Crippen molar-refractivity contribution in [2.24, 2.45) is 0 Å². The molecule has 0 aliphatic heterocycles. The number of hydrogen-bond donors (Lipinski definition) is 0. The third kappa shape index (κ3) is 1.18. The van der Waals surface area contributed by atoms with Gasteiger partial charge in [0, 0.05) is 6.92 Å². The van der Waals surface area contributed by atoms with Crippen LogP contribution in [0.4, 0.5) is 0 Å². The average Bonchev–Trinajstić information content (AvgIpc) is 2.84. The number of nitrogens with zero attached hydrogens (tertiary/aromatic N) is 1. The lowest BCUT2D eigenvalue weighted by atomic mass is 10.1. The minimum absolute atomic E-state index is 0.733. The molecule has 0 bridgehead atoms. The highest BCUT2D eigenvalue weighted by atomic mass is 16.3. The molecule has 0 amide bonds. The standard InChI is InChI=1S/C15H11NO/c1-9-16-14-7-11-6-10-4-2-3-5-12(10)13(11)8-15(14)17-9/h2-5,7-8H,6H2,1H3. The Morgan fingerprint density at radius 1 is 1.06 bits per heavy atom. The molecule has 17 heavy (non-hydrogen) atoms. The van der Waals surface area contributed by atoms with Crippen molar-refractivity contribution in [3.8, 4) is 11.1 Å². The summed E-state index contributed by atoms with van der Waals surface area (Å²) in [6, 6.07) is 12.8. The van der Waals surface area contributed by atoms with Gasteiger partial charge in [-0.1, -0.05) is 24.3 Å². The van der Waals surface area contributed by atoms with Gasteiger partial charge in [-0.05, 0) is 40.8 Å². The second-order valence-corrected chi connectivity index (χ2v) is 4.54. The van der Waals surface area contributed by atoms with E-state index in [0.29, 0.717) is 0 Å². The Hall–Kier alpha value is -2.09. The Kier molecular flexibility index (Phi) is 1.57. The van der Waals surface area contributed by atoms with Gasteiger partial charge in [-0.2, -0.15) is 0 Å². The summed E-state index contributed by atoms with van der Waals surface area (Å²) in [5.41, 5.74) is 7.23. The summed E-state index contributed by atoms with van der Waals surface area (Å²) in [4.78, 5) is 4.39. The van der Waals surface area contributed by atoms with Crippen molar-refractivity contribution >= 4 is 11.1 Å². The minimum Gasteiger partial charge on any atom is -0.441 e. The molecule has 0 fully saturated rings. The lowest BCUT2D eigenvalue weighted by Crippen LogP contribution is -1.80. The van der Waals surface area contributed by atoms with Gasteiger partial charge in [-0.15, -0.1) is 0 Å². The van der Waals surface area contributed by atoms with Crippen LogP contribution in [0.5, 0.6) is 0 Å². The molecule has 82 valence electrons. The summed E-state index contributed by atoms with van der Waals surface area (Å²) in [5.74, 6) is 0.733. The van der Waals surface area contributed by atoms with Gasteiger partial charge in [-0.25, -0.2) is 4.98 Å². The van der Waals surface area contributed by atoms with Crippen molar-refractivity contribution in [2.75, 3.05) is 0 Å². The number of benzene rings is 2. The summed E-state index contributed by atoms with van der Waals surface area (Å²) in [6.07, 6.45) is 1.01. The first-order valence-electron chi connectivity index (χ1n) is 5.79. The molecule has 0 unspecified atom stereocenters. The van der Waals surface area contributed by atoms with Crippen LogP contribution in [0.1, 0.15) is 17.0 Å². The molecular formula is C15H11NO. The summed E-state index contributed by atoms with van der Waals surface area (Å²) in [5, 5.41) is 0. The second-order valence-electron chi connectivity index (χ2n) is 4.54. The molecular weight excluding hydrogens is 210 g/mol. The Balaban J connectivity index is 2.06. The zero-order valence-electron chi connectivity index (χ0n) is 9.53. The monoisotopic (exact) mass is 221 g/mol. The molecule has 2 nitrogen and oxygen atoms in total. The fraction of sp³-hybridized carbons (Fsp3) is 0.133. The van der Waals surface area contributed by atoms with Crippen molar-refractivity contribution in [2.45, 2.75) is 13.3 Å². The van der Waals surface area contributed by atoms with Crippen LogP contribution in [0.15, 0.2) is 40.8 Å². The topological polar surface area (TPSA) is 26.0 Å². The van der Waals surface area contributed by atoms with Gasteiger partial charge in [0.25, 0.3) is 0 Å². The molecule has 1 heterocycles. The van der Waals surface area contributed by atoms with E-state index in [0.717, 1.165) is 23.4 Å². The molecule has 2 heteroatoms. The summed E-state index contributed by atoms with van der Waals surface area (Å²) >= 11 is 0. The zero-order chi connectivity index (χ0) is 11.4. The van der Waals surface area contributed by atoms with Crippen LogP contribution in [-0.2, 0) is 6.42 Å². The van der Waals surface area contributed by atoms with Gasteiger partial charge in [0.15, 0.2) is 11.5 Å². The fourth-order valence-electron chi connectivity index (χ4n) is 2.67. The molecule has 0 radical (unpaired) electrons. The van der Waals surface area contributed by atoms with Gasteiger partial charge < -0.3 is 4.42 Å². The Labute approximate surface area is 98.9 Å². The van der Waals surface area contributed by atoms with Crippen molar-refractivity contribution in [3.63, 3.8) is 0 Å². The minimum atomic E-state index is 0.733. The number of aryl methyl sites for hydroxylation is 1. The van der Waals surface area contributed by atoms with Gasteiger partial charge in [0.2, 0.25) is 0 Å². The molecule has 1 aliphatic carbocycles. The van der Waals surface area contributed by atoms with E-state index in [4.69, 9.17) is 4.42 Å². The normalized spacial score (nSPS) is 12.8. The van der Waals surface area contributed by atoms with Crippen LogP contribution in [-0.4, -0.2) is 4.98 Å². The molecule has 0 atom stereocenters. The molecule has 3 aromatic rings. The van der Waals surface area contributed by atoms with E-state index in [2.05, 4.69) is 41.4 Å². The van der Waals surface area contributed by atoms with Crippen LogP contribution in [0.3, 0.4) is 0 Å². The highest BCUT2D eigenvalue weighted by Crippen LogP contribution is 2.38. The molecule has 1 aliphatic rings. The van der Waals surface area contributed by atoms with Crippen LogP contribution in [0.2, 0.25) is 0 Å². The van der Waals surface area contributed by atoms with Gasteiger partial charge >= 0.3 is 0 Å². The van der Waals surface area contributed by atoms with E-state index in [1.807, 2.05) is 6.92 Å². The van der Waals surface area contributed by atoms with E-state index >= 15 is 0 Å². The maximum atomic E-state index is 5.60. The predicted octanol–water partition coefficient (Wildman–Crippen LogP) is 3.71. The van der Waals surface area contributed by atoms with Crippen LogP contribution in [0.25, 0.3) is 22.2 Å². The number of oxazole rings is 1. The fourth-order valence-corrected chi connectivity index (χ4v) is 2.67. The molecule has 2 aromatic carbocycles. The number of fused-ring (bicyclic) bond motifs is 4. The molecule has 0 saturated carbocycles. The van der Waals surface area contributed by atoms with E-state index in [1.54, 1.807) is 0 Å². The number of rotatable bonds is 0. The summed E-state index contributed by atoms with van der Waals surface area (Å²) < 4.78 is 5.60. The number of hydrogen-bond acceptors (Lipinski definition) is 2. The van der Waals surface area contributed by atoms with Crippen molar-refractivity contribution < 1.29 is 4.42 Å². The third-order valence-electron chi connectivity index (χ3n) is 3.41. The summed E-state index contributed by atoms with van der Waals surface area (Å²) in [6.45, 7) is 1.89. The van der Waals surface area contributed by atoms with Gasteiger partial charge in [-0.3, -0.25) is 0 Å². The van der Waals surface area contributed by atoms with E-state index in [9.17, 15) is 0 Å². The zero-order valence-corrected chi connectivity index (χ0v) is 9.53. The largest absolute Gasteiger partial charge is 0.441 e. The smallest absolute Gasteiger partial charge is 0.192 e. The van der Waals surface area contributed by atoms with Gasteiger partial charge in [0.1, 0.15) is 5.52 Å². The van der Waals surface area contributed by atoms with Crippen molar-refractivity contribution in [1.82, 2.24) is 4.98 Å². The molecule has 4 rings (SSSR count). The Morgan fingerprint density at radius 2 is 1.94 bits per heavy atom. The first kappa shape index (κ1) is 8.99. The van der Waals surface area contributed by atoms with E-state index < -0.39 is 0 Å². The van der Waals surface area contributed by atoms with Crippen molar-refractivity contribution in [3.05, 3.63) is 53.4 Å². The van der Waals surface area contributed by atoms with E-state index in [-0.39, 0.29) is 0 Å². The molecule has 1 aromatic heterocycles. The number of aromatic nitrogens is 1. The molecule has 0 spiro atoms. The molecule has 0 saturated heterocycles. The maximum absolute atomic E-state index is 5.60. The molecule has 0 N–H and O–H groups in total. The summed E-state index contributed by atoms with van der Waals surface area (Å²) in [7, 11) is 0.